The van der Waals surface area contributed by atoms with Crippen LogP contribution < -0.4 is 10.6 Å². The molecule has 0 aliphatic carbocycles. The Morgan fingerprint density at radius 3 is 2.50 bits per heavy atom. The average Bonchev–Trinajstić information content (AvgIpc) is 2.57. The summed E-state index contributed by atoms with van der Waals surface area (Å²) in [5.74, 6) is 0.643. The monoisotopic (exact) mass is 456 g/mol. The van der Waals surface area contributed by atoms with E-state index < -0.39 is 0 Å². The lowest BCUT2D eigenvalue weighted by Crippen LogP contribution is -2.56. The van der Waals surface area contributed by atoms with Crippen molar-refractivity contribution in [1.82, 2.24) is 15.5 Å². The maximum absolute atomic E-state index is 11.0. The zero-order valence-corrected chi connectivity index (χ0v) is 17.7. The molecule has 24 heavy (non-hydrogen) atoms. The van der Waals surface area contributed by atoms with Gasteiger partial charge in [-0.1, -0.05) is 0 Å². The third-order valence-electron chi connectivity index (χ3n) is 4.11. The summed E-state index contributed by atoms with van der Waals surface area (Å²) < 4.78 is 10.0. The van der Waals surface area contributed by atoms with Gasteiger partial charge in [0.2, 0.25) is 0 Å². The first-order valence-corrected chi connectivity index (χ1v) is 8.33. The highest BCUT2D eigenvalue weighted by Gasteiger charge is 2.28. The Hall–Kier alpha value is -0.610. The number of rotatable bonds is 8. The van der Waals surface area contributed by atoms with Crippen molar-refractivity contribution in [2.24, 2.45) is 4.99 Å². The van der Waals surface area contributed by atoms with Crippen molar-refractivity contribution >= 4 is 35.9 Å². The van der Waals surface area contributed by atoms with Crippen molar-refractivity contribution in [3.63, 3.8) is 0 Å². The summed E-state index contributed by atoms with van der Waals surface area (Å²) in [7, 11) is 3.19. The molecule has 0 bridgehead atoms. The molecule has 0 amide bonds. The van der Waals surface area contributed by atoms with Crippen LogP contribution in [0.3, 0.4) is 0 Å². The Bertz CT molecular complexity index is 386. The van der Waals surface area contributed by atoms with Gasteiger partial charge in [0.15, 0.2) is 5.96 Å². The summed E-state index contributed by atoms with van der Waals surface area (Å²) in [6.45, 7) is 9.60. The van der Waals surface area contributed by atoms with Crippen molar-refractivity contribution in [2.45, 2.75) is 38.6 Å². The molecule has 0 unspecified atom stereocenters. The second-order valence-corrected chi connectivity index (χ2v) is 6.30. The van der Waals surface area contributed by atoms with Gasteiger partial charge in [-0.25, -0.2) is 0 Å². The SMILES string of the molecule is CN=C(NCCCCC(=O)OC)NCC(C)(C)N1CCOCC1.I. The molecule has 0 aromatic carbocycles. The summed E-state index contributed by atoms with van der Waals surface area (Å²) in [6, 6.07) is 0. The van der Waals surface area contributed by atoms with E-state index in [2.05, 4.69) is 39.1 Å². The first-order chi connectivity index (χ1) is 11.0. The summed E-state index contributed by atoms with van der Waals surface area (Å²) in [6.07, 6.45) is 2.19. The largest absolute Gasteiger partial charge is 0.469 e. The van der Waals surface area contributed by atoms with Crippen LogP contribution in [-0.2, 0) is 14.3 Å². The normalized spacial score (nSPS) is 16.2. The van der Waals surface area contributed by atoms with Gasteiger partial charge >= 0.3 is 5.97 Å². The van der Waals surface area contributed by atoms with Gasteiger partial charge in [0.1, 0.15) is 0 Å². The van der Waals surface area contributed by atoms with Crippen LogP contribution in [0.1, 0.15) is 33.1 Å². The number of aliphatic imine (C=N–C) groups is 1. The molecule has 0 atom stereocenters. The number of esters is 1. The van der Waals surface area contributed by atoms with Crippen LogP contribution in [0, 0.1) is 0 Å². The number of ether oxygens (including phenoxy) is 2. The number of methoxy groups -OCH3 is 1. The lowest BCUT2D eigenvalue weighted by molar-refractivity contribution is -0.140. The molecule has 1 rings (SSSR count). The molecule has 0 spiro atoms. The van der Waals surface area contributed by atoms with E-state index >= 15 is 0 Å². The Morgan fingerprint density at radius 2 is 1.92 bits per heavy atom. The molecule has 0 aromatic heterocycles. The quantitative estimate of drug-likeness (QED) is 0.188. The second-order valence-electron chi connectivity index (χ2n) is 6.30. The zero-order chi connectivity index (χ0) is 17.1. The van der Waals surface area contributed by atoms with Crippen molar-refractivity contribution in [3.8, 4) is 0 Å². The molecule has 1 aliphatic rings. The highest BCUT2D eigenvalue weighted by molar-refractivity contribution is 14.0. The van der Waals surface area contributed by atoms with Gasteiger partial charge in [0, 0.05) is 45.2 Å². The van der Waals surface area contributed by atoms with Crippen molar-refractivity contribution in [1.29, 1.82) is 0 Å². The first-order valence-electron chi connectivity index (χ1n) is 8.33. The van der Waals surface area contributed by atoms with Gasteiger partial charge < -0.3 is 20.1 Å². The molecule has 1 fully saturated rings. The molecule has 1 aliphatic heterocycles. The maximum atomic E-state index is 11.0. The van der Waals surface area contributed by atoms with E-state index in [9.17, 15) is 4.79 Å². The van der Waals surface area contributed by atoms with E-state index in [1.54, 1.807) is 7.05 Å². The minimum absolute atomic E-state index is 0. The van der Waals surface area contributed by atoms with Crippen LogP contribution in [0.2, 0.25) is 0 Å². The van der Waals surface area contributed by atoms with E-state index in [0.29, 0.717) is 6.42 Å². The number of hydrogen-bond acceptors (Lipinski definition) is 5. The fourth-order valence-corrected chi connectivity index (χ4v) is 2.50. The molecule has 142 valence electrons. The van der Waals surface area contributed by atoms with E-state index in [1.165, 1.54) is 7.11 Å². The number of unbranched alkanes of at least 4 members (excludes halogenated alkanes) is 1. The van der Waals surface area contributed by atoms with E-state index in [-0.39, 0.29) is 35.5 Å². The third kappa shape index (κ3) is 9.03. The number of nitrogens with zero attached hydrogens (tertiary/aromatic N) is 2. The molecule has 1 saturated heterocycles. The van der Waals surface area contributed by atoms with Crippen molar-refractivity contribution in [3.05, 3.63) is 0 Å². The van der Waals surface area contributed by atoms with Crippen LogP contribution in [0.25, 0.3) is 0 Å². The molecule has 0 saturated carbocycles. The minimum atomic E-state index is -0.153. The Labute approximate surface area is 162 Å². The summed E-state index contributed by atoms with van der Waals surface area (Å²) in [5, 5.41) is 6.66. The predicted molar refractivity (Wildman–Crippen MR) is 107 cm³/mol. The van der Waals surface area contributed by atoms with Crippen LogP contribution in [-0.4, -0.2) is 75.9 Å². The molecule has 7 nitrogen and oxygen atoms in total. The summed E-state index contributed by atoms with van der Waals surface area (Å²) in [4.78, 5) is 17.7. The topological polar surface area (TPSA) is 75.2 Å². The van der Waals surface area contributed by atoms with E-state index in [4.69, 9.17) is 4.74 Å². The van der Waals surface area contributed by atoms with Crippen LogP contribution in [0.4, 0.5) is 0 Å². The Kier molecular flexibility index (Phi) is 12.4. The molecule has 2 N–H and O–H groups in total. The lowest BCUT2D eigenvalue weighted by atomic mass is 10.0. The molecular weight excluding hydrogens is 423 g/mol. The van der Waals surface area contributed by atoms with Crippen molar-refractivity contribution < 1.29 is 14.3 Å². The Morgan fingerprint density at radius 1 is 1.25 bits per heavy atom. The fraction of sp³-hybridized carbons (Fsp3) is 0.875. The third-order valence-corrected chi connectivity index (χ3v) is 4.11. The van der Waals surface area contributed by atoms with Crippen LogP contribution in [0.5, 0.6) is 0 Å². The zero-order valence-electron chi connectivity index (χ0n) is 15.4. The summed E-state index contributed by atoms with van der Waals surface area (Å²) in [5.41, 5.74) is 0.0479. The molecular formula is C16H33IN4O3. The molecule has 0 aromatic rings. The highest BCUT2D eigenvalue weighted by Crippen LogP contribution is 2.14. The molecule has 8 heteroatoms. The molecule has 1 heterocycles. The van der Waals surface area contributed by atoms with Crippen LogP contribution in [0.15, 0.2) is 4.99 Å². The number of guanidine groups is 1. The van der Waals surface area contributed by atoms with Gasteiger partial charge in [-0.3, -0.25) is 14.7 Å². The number of halogens is 1. The first kappa shape index (κ1) is 23.4. The van der Waals surface area contributed by atoms with Crippen LogP contribution >= 0.6 is 24.0 Å². The van der Waals surface area contributed by atoms with Crippen molar-refractivity contribution in [2.75, 3.05) is 53.6 Å². The number of carbonyl (C=O) groups is 1. The fourth-order valence-electron chi connectivity index (χ4n) is 2.50. The molecule has 0 radical (unpaired) electrons. The van der Waals surface area contributed by atoms with Gasteiger partial charge in [-0.2, -0.15) is 0 Å². The number of carbonyl (C=O) groups excluding carboxylic acids is 1. The van der Waals surface area contributed by atoms with Gasteiger partial charge in [0.25, 0.3) is 0 Å². The lowest BCUT2D eigenvalue weighted by Gasteiger charge is -2.41. The number of hydrogen-bond donors (Lipinski definition) is 2. The maximum Gasteiger partial charge on any atom is 0.305 e. The highest BCUT2D eigenvalue weighted by atomic mass is 127. The van der Waals surface area contributed by atoms with Gasteiger partial charge in [-0.05, 0) is 26.7 Å². The Balaban J connectivity index is 0.00000529. The predicted octanol–water partition coefficient (Wildman–Crippen LogP) is 1.22. The number of nitrogens with one attached hydrogen (secondary N) is 2. The van der Waals surface area contributed by atoms with E-state index in [1.807, 2.05) is 0 Å². The van der Waals surface area contributed by atoms with Gasteiger partial charge in [-0.15, -0.1) is 24.0 Å². The smallest absolute Gasteiger partial charge is 0.305 e. The van der Waals surface area contributed by atoms with Gasteiger partial charge in [0.05, 0.1) is 20.3 Å². The standard InChI is InChI=1S/C16H32N4O3.HI/c1-16(2,20-9-11-23-12-10-20)13-19-15(17-3)18-8-6-5-7-14(21)22-4;/h5-13H2,1-4H3,(H2,17,18,19);1H. The second kappa shape index (κ2) is 12.7. The van der Waals surface area contributed by atoms with E-state index in [0.717, 1.165) is 58.2 Å². The minimum Gasteiger partial charge on any atom is -0.469 e. The average molecular weight is 456 g/mol. The summed E-state index contributed by atoms with van der Waals surface area (Å²) >= 11 is 0. The number of morpholine rings is 1.